The Labute approximate surface area is 180 Å². The average Bonchev–Trinajstić information content (AvgIpc) is 2.76. The summed E-state index contributed by atoms with van der Waals surface area (Å²) in [6, 6.07) is 28.8. The zero-order valence-electron chi connectivity index (χ0n) is 18.1. The molecule has 156 valence electrons. The summed E-state index contributed by atoms with van der Waals surface area (Å²) < 4.78 is 5.65. The maximum atomic E-state index is 12.3. The molecule has 0 atom stereocenters. The van der Waals surface area contributed by atoms with Crippen LogP contribution in [0.15, 0.2) is 84.9 Å². The van der Waals surface area contributed by atoms with Crippen molar-refractivity contribution in [2.75, 3.05) is 13.2 Å². The van der Waals surface area contributed by atoms with E-state index in [-0.39, 0.29) is 23.8 Å². The first-order chi connectivity index (χ1) is 14.4. The molecule has 0 fully saturated rings. The Morgan fingerprint density at radius 1 is 0.833 bits per heavy atom. The molecular weight excluding hydrogens is 370 g/mol. The fourth-order valence-electron chi connectivity index (χ4n) is 3.50. The zero-order valence-corrected chi connectivity index (χ0v) is 18.1. The molecule has 3 nitrogen and oxygen atoms in total. The lowest BCUT2D eigenvalue weighted by atomic mass is 9.87. The first kappa shape index (κ1) is 21.6. The van der Waals surface area contributed by atoms with Crippen molar-refractivity contribution in [3.05, 3.63) is 102 Å². The Kier molecular flexibility index (Phi) is 7.29. The molecule has 0 unspecified atom stereocenters. The van der Waals surface area contributed by atoms with Crippen molar-refractivity contribution in [2.45, 2.75) is 38.5 Å². The van der Waals surface area contributed by atoms with Crippen molar-refractivity contribution >= 4 is 5.91 Å². The summed E-state index contributed by atoms with van der Waals surface area (Å²) in [6.45, 7) is 7.15. The fraction of sp³-hybridized carbons (Fsp3) is 0.296. The van der Waals surface area contributed by atoms with Crippen molar-refractivity contribution < 1.29 is 9.53 Å². The smallest absolute Gasteiger partial charge is 0.257 e. The lowest BCUT2D eigenvalue weighted by molar-refractivity contribution is -0.123. The van der Waals surface area contributed by atoms with Crippen molar-refractivity contribution in [2.24, 2.45) is 0 Å². The fourth-order valence-corrected chi connectivity index (χ4v) is 3.50. The molecule has 1 amide bonds. The highest BCUT2D eigenvalue weighted by Gasteiger charge is 2.15. The van der Waals surface area contributed by atoms with Crippen LogP contribution in [0.5, 0.6) is 5.75 Å². The summed E-state index contributed by atoms with van der Waals surface area (Å²) in [5.74, 6) is 0.859. The number of hydrogen-bond acceptors (Lipinski definition) is 2. The van der Waals surface area contributed by atoms with Gasteiger partial charge in [-0.3, -0.25) is 4.79 Å². The van der Waals surface area contributed by atoms with E-state index in [9.17, 15) is 4.79 Å². The van der Waals surface area contributed by atoms with Gasteiger partial charge in [-0.2, -0.15) is 0 Å². The summed E-state index contributed by atoms with van der Waals surface area (Å²) in [5.41, 5.74) is 3.86. The van der Waals surface area contributed by atoms with Gasteiger partial charge < -0.3 is 10.1 Å². The van der Waals surface area contributed by atoms with Crippen molar-refractivity contribution in [3.8, 4) is 5.75 Å². The van der Waals surface area contributed by atoms with E-state index in [2.05, 4.69) is 86.8 Å². The van der Waals surface area contributed by atoms with Crippen molar-refractivity contribution in [1.82, 2.24) is 5.32 Å². The molecule has 0 aliphatic rings. The molecule has 0 bridgehead atoms. The van der Waals surface area contributed by atoms with Crippen LogP contribution >= 0.6 is 0 Å². The van der Waals surface area contributed by atoms with Gasteiger partial charge in [0, 0.05) is 12.5 Å². The molecule has 0 saturated heterocycles. The summed E-state index contributed by atoms with van der Waals surface area (Å²) in [5, 5.41) is 2.99. The minimum Gasteiger partial charge on any atom is -0.484 e. The van der Waals surface area contributed by atoms with E-state index >= 15 is 0 Å². The van der Waals surface area contributed by atoms with Crippen LogP contribution in [0, 0.1) is 0 Å². The first-order valence-electron chi connectivity index (χ1n) is 10.5. The molecule has 30 heavy (non-hydrogen) atoms. The third-order valence-corrected chi connectivity index (χ3v) is 5.25. The highest BCUT2D eigenvalue weighted by atomic mass is 16.5. The largest absolute Gasteiger partial charge is 0.484 e. The Bertz CT molecular complexity index is 873. The highest BCUT2D eigenvalue weighted by Crippen LogP contribution is 2.27. The van der Waals surface area contributed by atoms with E-state index in [1.807, 2.05) is 24.3 Å². The van der Waals surface area contributed by atoms with Crippen LogP contribution in [-0.2, 0) is 10.2 Å². The van der Waals surface area contributed by atoms with E-state index in [4.69, 9.17) is 4.74 Å². The van der Waals surface area contributed by atoms with Gasteiger partial charge >= 0.3 is 0 Å². The molecule has 0 heterocycles. The van der Waals surface area contributed by atoms with Crippen LogP contribution in [0.25, 0.3) is 0 Å². The summed E-state index contributed by atoms with van der Waals surface area (Å²) >= 11 is 0. The molecule has 3 aromatic rings. The monoisotopic (exact) mass is 401 g/mol. The lowest BCUT2D eigenvalue weighted by Gasteiger charge is -2.19. The molecule has 0 aromatic heterocycles. The van der Waals surface area contributed by atoms with Crippen LogP contribution in [0.4, 0.5) is 0 Å². The van der Waals surface area contributed by atoms with Crippen molar-refractivity contribution in [1.29, 1.82) is 0 Å². The van der Waals surface area contributed by atoms with Gasteiger partial charge in [-0.25, -0.2) is 0 Å². The minimum absolute atomic E-state index is 0.0240. The van der Waals surface area contributed by atoms with Gasteiger partial charge in [-0.1, -0.05) is 93.6 Å². The normalized spacial score (nSPS) is 11.3. The van der Waals surface area contributed by atoms with Gasteiger partial charge in [0.1, 0.15) is 5.75 Å². The second-order valence-corrected chi connectivity index (χ2v) is 8.58. The topological polar surface area (TPSA) is 38.3 Å². The van der Waals surface area contributed by atoms with Crippen LogP contribution in [0.3, 0.4) is 0 Å². The zero-order chi connectivity index (χ0) is 21.4. The SMILES string of the molecule is CC(C)(C)c1ccc(OCC(=O)NCCC(c2ccccc2)c2ccccc2)cc1. The maximum Gasteiger partial charge on any atom is 0.257 e. The van der Waals surface area contributed by atoms with Crippen LogP contribution in [0.2, 0.25) is 0 Å². The minimum atomic E-state index is -0.102. The van der Waals surface area contributed by atoms with Gasteiger partial charge in [0.15, 0.2) is 6.61 Å². The van der Waals surface area contributed by atoms with E-state index in [0.717, 1.165) is 6.42 Å². The maximum absolute atomic E-state index is 12.3. The molecule has 0 aliphatic heterocycles. The summed E-state index contributed by atoms with van der Waals surface area (Å²) in [4.78, 5) is 12.3. The Hall–Kier alpha value is -3.07. The highest BCUT2D eigenvalue weighted by molar-refractivity contribution is 5.77. The third kappa shape index (κ3) is 6.21. The molecule has 0 aliphatic carbocycles. The second kappa shape index (κ2) is 10.1. The number of benzene rings is 3. The van der Waals surface area contributed by atoms with E-state index < -0.39 is 0 Å². The third-order valence-electron chi connectivity index (χ3n) is 5.25. The Morgan fingerprint density at radius 2 is 1.37 bits per heavy atom. The predicted molar refractivity (Wildman–Crippen MR) is 123 cm³/mol. The molecular formula is C27H31NO2. The lowest BCUT2D eigenvalue weighted by Crippen LogP contribution is -2.30. The second-order valence-electron chi connectivity index (χ2n) is 8.58. The Morgan fingerprint density at radius 3 is 1.87 bits per heavy atom. The molecule has 0 radical (unpaired) electrons. The number of rotatable bonds is 8. The number of nitrogens with one attached hydrogen (secondary N) is 1. The molecule has 3 rings (SSSR count). The number of carbonyl (C=O) groups excluding carboxylic acids is 1. The van der Waals surface area contributed by atoms with Crippen LogP contribution in [0.1, 0.15) is 49.8 Å². The van der Waals surface area contributed by atoms with Crippen LogP contribution in [-0.4, -0.2) is 19.1 Å². The van der Waals surface area contributed by atoms with E-state index in [1.54, 1.807) is 0 Å². The number of hydrogen-bond donors (Lipinski definition) is 1. The molecule has 1 N–H and O–H groups in total. The molecule has 3 heteroatoms. The number of amides is 1. The number of carbonyl (C=O) groups is 1. The quantitative estimate of drug-likeness (QED) is 0.526. The van der Waals surface area contributed by atoms with Gasteiger partial charge in [-0.05, 0) is 40.7 Å². The van der Waals surface area contributed by atoms with E-state index in [1.165, 1.54) is 16.7 Å². The number of ether oxygens (including phenoxy) is 1. The molecule has 3 aromatic carbocycles. The molecule has 0 spiro atoms. The van der Waals surface area contributed by atoms with Gasteiger partial charge in [0.25, 0.3) is 5.91 Å². The first-order valence-corrected chi connectivity index (χ1v) is 10.5. The van der Waals surface area contributed by atoms with Gasteiger partial charge in [-0.15, -0.1) is 0 Å². The summed E-state index contributed by atoms with van der Waals surface area (Å²) in [6.07, 6.45) is 0.833. The van der Waals surface area contributed by atoms with Crippen LogP contribution < -0.4 is 10.1 Å². The molecule has 0 saturated carbocycles. The van der Waals surface area contributed by atoms with Crippen molar-refractivity contribution in [3.63, 3.8) is 0 Å². The summed E-state index contributed by atoms with van der Waals surface area (Å²) in [7, 11) is 0. The van der Waals surface area contributed by atoms with Gasteiger partial charge in [0.2, 0.25) is 0 Å². The predicted octanol–water partition coefficient (Wildman–Crippen LogP) is 5.70. The average molecular weight is 402 g/mol. The standard InChI is InChI=1S/C27H31NO2/c1-27(2,3)23-14-16-24(17-15-23)30-20-26(29)28-19-18-25(21-10-6-4-7-11-21)22-12-8-5-9-13-22/h4-17,25H,18-20H2,1-3H3,(H,28,29). The van der Waals surface area contributed by atoms with Gasteiger partial charge in [0.05, 0.1) is 0 Å². The van der Waals surface area contributed by atoms with E-state index in [0.29, 0.717) is 12.3 Å². The Balaban J connectivity index is 1.51.